The maximum atomic E-state index is 12.6. The Hall–Kier alpha value is -3.42. The summed E-state index contributed by atoms with van der Waals surface area (Å²) in [5.74, 6) is -1.07. The number of carbonyl (C=O) groups excluding carboxylic acids is 3. The van der Waals surface area contributed by atoms with Gasteiger partial charge in [0.25, 0.3) is 17.4 Å². The number of nitrogens with zero attached hydrogens (tertiary/aromatic N) is 1. The quantitative estimate of drug-likeness (QED) is 0.576. The van der Waals surface area contributed by atoms with Crippen LogP contribution in [0, 0.1) is 0 Å². The second-order valence-corrected chi connectivity index (χ2v) is 6.17. The van der Waals surface area contributed by atoms with Crippen molar-refractivity contribution in [3.63, 3.8) is 0 Å². The van der Waals surface area contributed by atoms with Crippen molar-refractivity contribution >= 4 is 17.7 Å². The molecule has 0 aliphatic carbocycles. The van der Waals surface area contributed by atoms with E-state index in [1.54, 1.807) is 7.05 Å². The highest BCUT2D eigenvalue weighted by Crippen LogP contribution is 2.06. The molecule has 0 aliphatic rings. The standard InChI is InChI=1S/C20H24N4O4/c1-21-17(25)9-6-10-23-18(26)15-11-16(19(27)22-2)20(28)24(13-15)12-14-7-4-3-5-8-14/h3-5,7-8,11,13H,6,9-10,12H2,1-2H3,(H,21,25)(H,22,27)(H,23,26). The Morgan fingerprint density at radius 2 is 1.71 bits per heavy atom. The number of nitrogens with one attached hydrogen (secondary N) is 3. The van der Waals surface area contributed by atoms with Crippen LogP contribution in [0.4, 0.5) is 0 Å². The molecule has 148 valence electrons. The van der Waals surface area contributed by atoms with Gasteiger partial charge in [-0.1, -0.05) is 30.3 Å². The fourth-order valence-corrected chi connectivity index (χ4v) is 2.63. The molecule has 8 nitrogen and oxygen atoms in total. The van der Waals surface area contributed by atoms with Crippen LogP contribution in [-0.4, -0.2) is 42.9 Å². The van der Waals surface area contributed by atoms with E-state index in [-0.39, 0.29) is 23.6 Å². The molecule has 3 amide bonds. The molecule has 0 radical (unpaired) electrons. The van der Waals surface area contributed by atoms with Crippen molar-refractivity contribution in [2.45, 2.75) is 19.4 Å². The van der Waals surface area contributed by atoms with Crippen molar-refractivity contribution in [3.05, 3.63) is 69.6 Å². The van der Waals surface area contributed by atoms with Crippen LogP contribution in [0.5, 0.6) is 0 Å². The van der Waals surface area contributed by atoms with Gasteiger partial charge in [-0.25, -0.2) is 0 Å². The van der Waals surface area contributed by atoms with E-state index >= 15 is 0 Å². The zero-order chi connectivity index (χ0) is 20.5. The summed E-state index contributed by atoms with van der Waals surface area (Å²) in [5.41, 5.74) is 0.500. The van der Waals surface area contributed by atoms with Crippen LogP contribution >= 0.6 is 0 Å². The Labute approximate surface area is 162 Å². The molecule has 0 saturated carbocycles. The Kier molecular flexibility index (Phi) is 7.50. The zero-order valence-electron chi connectivity index (χ0n) is 16.0. The predicted molar refractivity (Wildman–Crippen MR) is 105 cm³/mol. The van der Waals surface area contributed by atoms with E-state index < -0.39 is 17.4 Å². The highest BCUT2D eigenvalue weighted by molar-refractivity contribution is 5.99. The molecule has 28 heavy (non-hydrogen) atoms. The number of pyridine rings is 1. The normalized spacial score (nSPS) is 10.2. The van der Waals surface area contributed by atoms with Crippen molar-refractivity contribution in [1.82, 2.24) is 20.5 Å². The summed E-state index contributed by atoms with van der Waals surface area (Å²) in [6.07, 6.45) is 2.22. The van der Waals surface area contributed by atoms with Crippen molar-refractivity contribution in [2.75, 3.05) is 20.6 Å². The summed E-state index contributed by atoms with van der Waals surface area (Å²) in [4.78, 5) is 48.4. The zero-order valence-corrected chi connectivity index (χ0v) is 16.0. The summed E-state index contributed by atoms with van der Waals surface area (Å²) in [6, 6.07) is 10.6. The molecule has 2 rings (SSSR count). The molecule has 2 aromatic rings. The summed E-state index contributed by atoms with van der Waals surface area (Å²) in [7, 11) is 2.98. The van der Waals surface area contributed by atoms with Gasteiger partial charge < -0.3 is 20.5 Å². The molecule has 0 aliphatic heterocycles. The molecule has 0 saturated heterocycles. The molecule has 0 atom stereocenters. The van der Waals surface area contributed by atoms with Crippen LogP contribution < -0.4 is 21.5 Å². The first-order valence-electron chi connectivity index (χ1n) is 8.95. The Morgan fingerprint density at radius 3 is 2.36 bits per heavy atom. The number of hydrogen-bond acceptors (Lipinski definition) is 4. The van der Waals surface area contributed by atoms with Gasteiger partial charge in [-0.05, 0) is 18.1 Å². The van der Waals surface area contributed by atoms with Gasteiger partial charge in [0, 0.05) is 33.3 Å². The highest BCUT2D eigenvalue weighted by atomic mass is 16.2. The molecule has 3 N–H and O–H groups in total. The molecular formula is C20H24N4O4. The summed E-state index contributed by atoms with van der Waals surface area (Å²) in [6.45, 7) is 0.542. The van der Waals surface area contributed by atoms with Crippen LogP contribution in [0.3, 0.4) is 0 Å². The first-order chi connectivity index (χ1) is 13.5. The van der Waals surface area contributed by atoms with E-state index in [4.69, 9.17) is 0 Å². The minimum Gasteiger partial charge on any atom is -0.359 e. The number of aromatic nitrogens is 1. The van der Waals surface area contributed by atoms with E-state index in [0.717, 1.165) is 5.56 Å². The maximum absolute atomic E-state index is 12.6. The first kappa shape index (κ1) is 20.9. The lowest BCUT2D eigenvalue weighted by atomic mass is 10.1. The average molecular weight is 384 g/mol. The van der Waals surface area contributed by atoms with Crippen LogP contribution in [0.15, 0.2) is 47.4 Å². The molecule has 0 spiro atoms. The second kappa shape index (κ2) is 10.1. The van der Waals surface area contributed by atoms with Crippen molar-refractivity contribution < 1.29 is 14.4 Å². The maximum Gasteiger partial charge on any atom is 0.263 e. The van der Waals surface area contributed by atoms with E-state index in [9.17, 15) is 19.2 Å². The molecule has 0 bridgehead atoms. The minimum absolute atomic E-state index is 0.101. The molecular weight excluding hydrogens is 360 g/mol. The first-order valence-corrected chi connectivity index (χ1v) is 8.95. The molecule has 1 aromatic heterocycles. The van der Waals surface area contributed by atoms with Crippen LogP contribution in [0.25, 0.3) is 0 Å². The van der Waals surface area contributed by atoms with Crippen LogP contribution in [0.2, 0.25) is 0 Å². The van der Waals surface area contributed by atoms with Gasteiger partial charge >= 0.3 is 0 Å². The van der Waals surface area contributed by atoms with Crippen molar-refractivity contribution in [2.24, 2.45) is 0 Å². The van der Waals surface area contributed by atoms with E-state index in [1.165, 1.54) is 23.9 Å². The monoisotopic (exact) mass is 384 g/mol. The van der Waals surface area contributed by atoms with Gasteiger partial charge in [0.15, 0.2) is 0 Å². The molecule has 1 aromatic carbocycles. The third-order valence-electron chi connectivity index (χ3n) is 4.16. The fraction of sp³-hybridized carbons (Fsp3) is 0.300. The Morgan fingerprint density at radius 1 is 1.00 bits per heavy atom. The molecule has 0 fully saturated rings. The third kappa shape index (κ3) is 5.54. The minimum atomic E-state index is -0.555. The van der Waals surface area contributed by atoms with Crippen LogP contribution in [-0.2, 0) is 11.3 Å². The lowest BCUT2D eigenvalue weighted by Crippen LogP contribution is -2.34. The predicted octanol–water partition coefficient (Wildman–Crippen LogP) is 0.512. The Bertz CT molecular complexity index is 906. The highest BCUT2D eigenvalue weighted by Gasteiger charge is 2.17. The van der Waals surface area contributed by atoms with Crippen molar-refractivity contribution in [3.8, 4) is 0 Å². The molecule has 8 heteroatoms. The fourth-order valence-electron chi connectivity index (χ4n) is 2.63. The smallest absolute Gasteiger partial charge is 0.263 e. The van der Waals surface area contributed by atoms with Gasteiger partial charge in [-0.3, -0.25) is 19.2 Å². The number of amides is 3. The van der Waals surface area contributed by atoms with E-state index in [0.29, 0.717) is 19.4 Å². The SMILES string of the molecule is CNC(=O)CCCNC(=O)c1cc(C(=O)NC)c(=O)n(Cc2ccccc2)c1. The van der Waals surface area contributed by atoms with E-state index in [1.807, 2.05) is 30.3 Å². The lowest BCUT2D eigenvalue weighted by Gasteiger charge is -2.12. The van der Waals surface area contributed by atoms with Gasteiger partial charge in [0.1, 0.15) is 5.56 Å². The molecule has 1 heterocycles. The second-order valence-electron chi connectivity index (χ2n) is 6.17. The summed E-state index contributed by atoms with van der Waals surface area (Å²) in [5, 5.41) is 7.64. The lowest BCUT2D eigenvalue weighted by molar-refractivity contribution is -0.120. The van der Waals surface area contributed by atoms with Crippen molar-refractivity contribution in [1.29, 1.82) is 0 Å². The van der Waals surface area contributed by atoms with Gasteiger partial charge in [0.05, 0.1) is 12.1 Å². The Balaban J connectivity index is 2.24. The number of rotatable bonds is 8. The van der Waals surface area contributed by atoms with Crippen LogP contribution in [0.1, 0.15) is 39.1 Å². The average Bonchev–Trinajstić information content (AvgIpc) is 2.72. The van der Waals surface area contributed by atoms with Gasteiger partial charge in [-0.2, -0.15) is 0 Å². The summed E-state index contributed by atoms with van der Waals surface area (Å²) >= 11 is 0. The van der Waals surface area contributed by atoms with Gasteiger partial charge in [0.2, 0.25) is 5.91 Å². The number of hydrogen-bond donors (Lipinski definition) is 3. The third-order valence-corrected chi connectivity index (χ3v) is 4.16. The number of carbonyl (C=O) groups is 3. The molecule has 0 unspecified atom stereocenters. The largest absolute Gasteiger partial charge is 0.359 e. The summed E-state index contributed by atoms with van der Waals surface area (Å²) < 4.78 is 1.35. The van der Waals surface area contributed by atoms with E-state index in [2.05, 4.69) is 16.0 Å². The van der Waals surface area contributed by atoms with Gasteiger partial charge in [-0.15, -0.1) is 0 Å². The topological polar surface area (TPSA) is 109 Å². The number of benzene rings is 1.